The Morgan fingerprint density at radius 1 is 1.31 bits per heavy atom. The Hall–Kier alpha value is -0.820. The maximum absolute atomic E-state index is 3.43. The van der Waals surface area contributed by atoms with E-state index in [1.165, 1.54) is 31.2 Å². The van der Waals surface area contributed by atoms with Crippen LogP contribution in [0.2, 0.25) is 0 Å². The van der Waals surface area contributed by atoms with E-state index in [0.29, 0.717) is 0 Å². The molecule has 0 amide bonds. The van der Waals surface area contributed by atoms with Crippen molar-refractivity contribution < 1.29 is 0 Å². The van der Waals surface area contributed by atoms with E-state index in [0.717, 1.165) is 18.4 Å². The molecule has 1 N–H and O–H groups in total. The van der Waals surface area contributed by atoms with Crippen LogP contribution in [0.3, 0.4) is 0 Å². The maximum Gasteiger partial charge on any atom is 0.00698 e. The highest BCUT2D eigenvalue weighted by molar-refractivity contribution is 5.27. The van der Waals surface area contributed by atoms with E-state index in [1.54, 1.807) is 5.56 Å². The summed E-state index contributed by atoms with van der Waals surface area (Å²) in [6.07, 6.45) is 6.54. The van der Waals surface area contributed by atoms with Crippen LogP contribution >= 0.6 is 0 Å². The van der Waals surface area contributed by atoms with Gasteiger partial charge < -0.3 is 5.32 Å². The molecule has 1 aliphatic rings. The van der Waals surface area contributed by atoms with Crippen LogP contribution in [-0.4, -0.2) is 13.1 Å². The van der Waals surface area contributed by atoms with Crippen LogP contribution < -0.4 is 5.32 Å². The van der Waals surface area contributed by atoms with Gasteiger partial charge in [0.1, 0.15) is 0 Å². The molecule has 1 fully saturated rings. The van der Waals surface area contributed by atoms with E-state index >= 15 is 0 Å². The van der Waals surface area contributed by atoms with Crippen LogP contribution in [0, 0.1) is 0 Å². The fourth-order valence-electron chi connectivity index (χ4n) is 2.82. The maximum atomic E-state index is 3.43. The highest BCUT2D eigenvalue weighted by Crippen LogP contribution is 2.33. The van der Waals surface area contributed by atoms with Gasteiger partial charge in [0, 0.05) is 6.04 Å². The lowest BCUT2D eigenvalue weighted by Gasteiger charge is -2.29. The Bertz CT molecular complexity index is 332. The molecule has 1 nitrogen and oxygen atoms in total. The van der Waals surface area contributed by atoms with Crippen molar-refractivity contribution in [2.75, 3.05) is 7.05 Å². The second-order valence-electron chi connectivity index (χ2n) is 4.95. The lowest BCUT2D eigenvalue weighted by molar-refractivity contribution is 0.355. The van der Waals surface area contributed by atoms with E-state index in [1.807, 2.05) is 0 Å². The standard InChI is InChI=1S/C15H23N/c1-3-12-6-4-7-13(10-12)14-8-5-9-15(11-14)16-2/h4,6-7,10,14-16H,3,5,8-9,11H2,1-2H3. The third-order valence-corrected chi connectivity index (χ3v) is 3.91. The first kappa shape index (κ1) is 11.7. The Labute approximate surface area is 99.3 Å². The molecule has 2 unspecified atom stereocenters. The first-order valence-electron chi connectivity index (χ1n) is 6.59. The van der Waals surface area contributed by atoms with E-state index in [2.05, 4.69) is 43.6 Å². The van der Waals surface area contributed by atoms with Gasteiger partial charge in [0.2, 0.25) is 0 Å². The summed E-state index contributed by atoms with van der Waals surface area (Å²) >= 11 is 0. The van der Waals surface area contributed by atoms with Crippen molar-refractivity contribution in [2.24, 2.45) is 0 Å². The Morgan fingerprint density at radius 3 is 2.94 bits per heavy atom. The second-order valence-corrected chi connectivity index (χ2v) is 4.95. The van der Waals surface area contributed by atoms with Crippen LogP contribution in [0.5, 0.6) is 0 Å². The van der Waals surface area contributed by atoms with Crippen molar-refractivity contribution in [3.05, 3.63) is 35.4 Å². The molecule has 0 aromatic heterocycles. The van der Waals surface area contributed by atoms with Gasteiger partial charge in [-0.2, -0.15) is 0 Å². The average Bonchev–Trinajstić information content (AvgIpc) is 2.39. The topological polar surface area (TPSA) is 12.0 Å². The number of hydrogen-bond acceptors (Lipinski definition) is 1. The van der Waals surface area contributed by atoms with Gasteiger partial charge in [0.05, 0.1) is 0 Å². The molecule has 1 aromatic rings. The van der Waals surface area contributed by atoms with E-state index in [9.17, 15) is 0 Å². The summed E-state index contributed by atoms with van der Waals surface area (Å²) < 4.78 is 0. The third kappa shape index (κ3) is 2.65. The van der Waals surface area contributed by atoms with Gasteiger partial charge in [0.25, 0.3) is 0 Å². The van der Waals surface area contributed by atoms with Crippen LogP contribution in [0.4, 0.5) is 0 Å². The largest absolute Gasteiger partial charge is 0.317 e. The fourth-order valence-corrected chi connectivity index (χ4v) is 2.82. The first-order chi connectivity index (χ1) is 7.83. The molecule has 0 spiro atoms. The molecule has 1 aromatic carbocycles. The molecule has 2 atom stereocenters. The molecular weight excluding hydrogens is 194 g/mol. The van der Waals surface area contributed by atoms with Crippen molar-refractivity contribution >= 4 is 0 Å². The van der Waals surface area contributed by atoms with Gasteiger partial charge in [-0.15, -0.1) is 0 Å². The summed E-state index contributed by atoms with van der Waals surface area (Å²) in [5, 5.41) is 3.43. The Morgan fingerprint density at radius 2 is 2.19 bits per heavy atom. The van der Waals surface area contributed by atoms with Gasteiger partial charge in [-0.3, -0.25) is 0 Å². The number of nitrogens with one attached hydrogen (secondary N) is 1. The monoisotopic (exact) mass is 217 g/mol. The summed E-state index contributed by atoms with van der Waals surface area (Å²) in [7, 11) is 2.09. The number of rotatable bonds is 3. The lowest BCUT2D eigenvalue weighted by Crippen LogP contribution is -2.30. The molecule has 1 saturated carbocycles. The minimum absolute atomic E-state index is 0.726. The van der Waals surface area contributed by atoms with Gasteiger partial charge >= 0.3 is 0 Å². The Kier molecular flexibility index (Phi) is 4.00. The molecule has 0 aliphatic heterocycles. The zero-order valence-corrected chi connectivity index (χ0v) is 10.5. The summed E-state index contributed by atoms with van der Waals surface area (Å²) in [5.74, 6) is 0.776. The smallest absolute Gasteiger partial charge is 0.00698 e. The van der Waals surface area contributed by atoms with Crippen molar-refractivity contribution in [3.63, 3.8) is 0 Å². The van der Waals surface area contributed by atoms with E-state index < -0.39 is 0 Å². The molecule has 0 saturated heterocycles. The molecule has 0 heterocycles. The third-order valence-electron chi connectivity index (χ3n) is 3.91. The van der Waals surface area contributed by atoms with Crippen molar-refractivity contribution in [2.45, 2.75) is 51.0 Å². The molecular formula is C15H23N. The Balaban J connectivity index is 2.10. The van der Waals surface area contributed by atoms with Crippen molar-refractivity contribution in [1.82, 2.24) is 5.32 Å². The van der Waals surface area contributed by atoms with Crippen LogP contribution in [0.15, 0.2) is 24.3 Å². The van der Waals surface area contributed by atoms with Gasteiger partial charge in [0.15, 0.2) is 0 Å². The van der Waals surface area contributed by atoms with E-state index in [-0.39, 0.29) is 0 Å². The molecule has 2 rings (SSSR count). The molecule has 0 radical (unpaired) electrons. The number of hydrogen-bond donors (Lipinski definition) is 1. The normalized spacial score (nSPS) is 25.6. The van der Waals surface area contributed by atoms with E-state index in [4.69, 9.17) is 0 Å². The first-order valence-corrected chi connectivity index (χ1v) is 6.59. The van der Waals surface area contributed by atoms with Crippen LogP contribution in [-0.2, 0) is 6.42 Å². The van der Waals surface area contributed by atoms with Gasteiger partial charge in [-0.25, -0.2) is 0 Å². The molecule has 0 bridgehead atoms. The summed E-state index contributed by atoms with van der Waals surface area (Å²) in [6, 6.07) is 9.90. The highest BCUT2D eigenvalue weighted by Gasteiger charge is 2.21. The van der Waals surface area contributed by atoms with Gasteiger partial charge in [-0.1, -0.05) is 37.6 Å². The number of benzene rings is 1. The minimum atomic E-state index is 0.726. The van der Waals surface area contributed by atoms with Crippen LogP contribution in [0.25, 0.3) is 0 Å². The fraction of sp³-hybridized carbons (Fsp3) is 0.600. The van der Waals surface area contributed by atoms with Crippen molar-refractivity contribution in [1.29, 1.82) is 0 Å². The van der Waals surface area contributed by atoms with Crippen molar-refractivity contribution in [3.8, 4) is 0 Å². The summed E-state index contributed by atoms with van der Waals surface area (Å²) in [4.78, 5) is 0. The van der Waals surface area contributed by atoms with Gasteiger partial charge in [-0.05, 0) is 49.8 Å². The summed E-state index contributed by atoms with van der Waals surface area (Å²) in [6.45, 7) is 2.23. The highest BCUT2D eigenvalue weighted by atomic mass is 14.9. The molecule has 88 valence electrons. The quantitative estimate of drug-likeness (QED) is 0.817. The average molecular weight is 217 g/mol. The SMILES string of the molecule is CCc1cccc(C2CCCC(NC)C2)c1. The molecule has 16 heavy (non-hydrogen) atoms. The zero-order valence-electron chi connectivity index (χ0n) is 10.5. The number of aryl methyl sites for hydroxylation is 1. The predicted molar refractivity (Wildman–Crippen MR) is 69.9 cm³/mol. The van der Waals surface area contributed by atoms with Crippen LogP contribution in [0.1, 0.15) is 49.7 Å². The molecule has 1 heteroatoms. The predicted octanol–water partition coefficient (Wildman–Crippen LogP) is 3.49. The second kappa shape index (κ2) is 5.49. The minimum Gasteiger partial charge on any atom is -0.317 e. The zero-order chi connectivity index (χ0) is 11.4. The lowest BCUT2D eigenvalue weighted by atomic mass is 9.81. The summed E-state index contributed by atoms with van der Waals surface area (Å²) in [5.41, 5.74) is 3.03. The molecule has 1 aliphatic carbocycles.